The van der Waals surface area contributed by atoms with Crippen molar-refractivity contribution in [1.29, 1.82) is 0 Å². The molecule has 4 heteroatoms. The molecule has 124 valence electrons. The number of hydrogen-bond acceptors (Lipinski definition) is 3. The average molecular weight is 313 g/mol. The largest absolute Gasteiger partial charge is 0.493 e. The second-order valence-electron chi connectivity index (χ2n) is 6.56. The molecule has 0 unspecified atom stereocenters. The lowest BCUT2D eigenvalue weighted by Gasteiger charge is -2.31. The number of ether oxygens (including phenoxy) is 1. The highest BCUT2D eigenvalue weighted by molar-refractivity contribution is 5.20. The summed E-state index contributed by atoms with van der Waals surface area (Å²) in [4.78, 5) is 2.55. The fourth-order valence-electron chi connectivity index (χ4n) is 3.24. The molecule has 1 aromatic carbocycles. The number of para-hydroxylation sites is 1. The Kier molecular flexibility index (Phi) is 5.34. The van der Waals surface area contributed by atoms with E-state index in [1.165, 1.54) is 31.6 Å². The van der Waals surface area contributed by atoms with Crippen LogP contribution in [0, 0.1) is 19.8 Å². The van der Waals surface area contributed by atoms with Crippen LogP contribution in [0.4, 0.5) is 0 Å². The van der Waals surface area contributed by atoms with Crippen LogP contribution >= 0.6 is 0 Å². The Morgan fingerprint density at radius 1 is 1.09 bits per heavy atom. The van der Waals surface area contributed by atoms with Crippen LogP contribution in [0.15, 0.2) is 36.4 Å². The van der Waals surface area contributed by atoms with E-state index in [2.05, 4.69) is 34.6 Å². The topological polar surface area (TPSA) is 30.3 Å². The van der Waals surface area contributed by atoms with Crippen molar-refractivity contribution in [3.8, 4) is 5.75 Å². The molecular weight excluding hydrogens is 286 g/mol. The zero-order valence-electron chi connectivity index (χ0n) is 14.2. The molecule has 0 spiro atoms. The molecule has 23 heavy (non-hydrogen) atoms. The molecule has 1 aromatic heterocycles. The van der Waals surface area contributed by atoms with Gasteiger partial charge in [0, 0.05) is 12.2 Å². The third-order valence-electron chi connectivity index (χ3n) is 4.67. The second kappa shape index (κ2) is 7.64. The second-order valence-corrected chi connectivity index (χ2v) is 6.56. The van der Waals surface area contributed by atoms with Crippen molar-refractivity contribution in [3.05, 3.63) is 47.8 Å². The van der Waals surface area contributed by atoms with E-state index in [0.717, 1.165) is 31.1 Å². The van der Waals surface area contributed by atoms with Crippen LogP contribution in [-0.4, -0.2) is 40.9 Å². The number of benzene rings is 1. The molecule has 2 aromatic rings. The summed E-state index contributed by atoms with van der Waals surface area (Å²) < 4.78 is 8.02. The summed E-state index contributed by atoms with van der Waals surface area (Å²) in [5, 5.41) is 4.54. The summed E-state index contributed by atoms with van der Waals surface area (Å²) in [6, 6.07) is 12.3. The average Bonchev–Trinajstić information content (AvgIpc) is 2.90. The van der Waals surface area contributed by atoms with Gasteiger partial charge in [-0.05, 0) is 63.9 Å². The minimum absolute atomic E-state index is 0.681. The minimum Gasteiger partial charge on any atom is -0.493 e. The number of aromatic nitrogens is 2. The lowest BCUT2D eigenvalue weighted by molar-refractivity contribution is 0.137. The molecule has 0 bridgehead atoms. The van der Waals surface area contributed by atoms with E-state index in [4.69, 9.17) is 4.74 Å². The highest BCUT2D eigenvalue weighted by atomic mass is 16.5. The van der Waals surface area contributed by atoms with Crippen molar-refractivity contribution >= 4 is 0 Å². The summed E-state index contributed by atoms with van der Waals surface area (Å²) in [6.45, 7) is 9.45. The van der Waals surface area contributed by atoms with Crippen molar-refractivity contribution in [3.63, 3.8) is 0 Å². The summed E-state index contributed by atoms with van der Waals surface area (Å²) in [5.74, 6) is 1.67. The van der Waals surface area contributed by atoms with Crippen LogP contribution < -0.4 is 4.74 Å². The Morgan fingerprint density at radius 3 is 2.48 bits per heavy atom. The molecule has 1 aliphatic rings. The van der Waals surface area contributed by atoms with E-state index in [-0.39, 0.29) is 0 Å². The van der Waals surface area contributed by atoms with Gasteiger partial charge in [-0.15, -0.1) is 0 Å². The van der Waals surface area contributed by atoms with Gasteiger partial charge in [-0.25, -0.2) is 0 Å². The summed E-state index contributed by atoms with van der Waals surface area (Å²) in [5.41, 5.74) is 2.37. The number of piperidine rings is 1. The maximum absolute atomic E-state index is 5.90. The number of likely N-dealkylation sites (tertiary alicyclic amines) is 1. The Hall–Kier alpha value is -1.81. The van der Waals surface area contributed by atoms with Gasteiger partial charge in [-0.3, -0.25) is 4.68 Å². The van der Waals surface area contributed by atoms with Gasteiger partial charge in [0.2, 0.25) is 0 Å². The molecule has 4 nitrogen and oxygen atoms in total. The minimum atomic E-state index is 0.681. The maximum Gasteiger partial charge on any atom is 0.119 e. The van der Waals surface area contributed by atoms with Crippen LogP contribution in [-0.2, 0) is 6.54 Å². The zero-order valence-corrected chi connectivity index (χ0v) is 14.2. The van der Waals surface area contributed by atoms with Crippen LogP contribution in [0.5, 0.6) is 5.75 Å². The lowest BCUT2D eigenvalue weighted by atomic mass is 9.98. The number of rotatable bonds is 6. The smallest absolute Gasteiger partial charge is 0.119 e. The Labute approximate surface area is 139 Å². The van der Waals surface area contributed by atoms with E-state index in [9.17, 15) is 0 Å². The van der Waals surface area contributed by atoms with Crippen molar-refractivity contribution in [2.45, 2.75) is 33.2 Å². The zero-order chi connectivity index (χ0) is 16.1. The van der Waals surface area contributed by atoms with Crippen molar-refractivity contribution in [1.82, 2.24) is 14.7 Å². The Morgan fingerprint density at radius 2 is 1.83 bits per heavy atom. The fraction of sp³-hybridized carbons (Fsp3) is 0.526. The van der Waals surface area contributed by atoms with E-state index in [1.54, 1.807) is 0 Å². The van der Waals surface area contributed by atoms with Crippen LogP contribution in [0.2, 0.25) is 0 Å². The van der Waals surface area contributed by atoms with Crippen LogP contribution in [0.25, 0.3) is 0 Å². The van der Waals surface area contributed by atoms with Gasteiger partial charge in [0.05, 0.1) is 18.8 Å². The first-order valence-corrected chi connectivity index (χ1v) is 8.62. The SMILES string of the molecule is Cc1cc(C)n(CCN2CCC(COc3ccccc3)CC2)n1. The first-order valence-electron chi connectivity index (χ1n) is 8.62. The predicted octanol–water partition coefficient (Wildman–Crippen LogP) is 3.29. The van der Waals surface area contributed by atoms with E-state index in [0.29, 0.717) is 5.92 Å². The van der Waals surface area contributed by atoms with Crippen LogP contribution in [0.3, 0.4) is 0 Å². The number of hydrogen-bond donors (Lipinski definition) is 0. The fourth-order valence-corrected chi connectivity index (χ4v) is 3.24. The highest BCUT2D eigenvalue weighted by Gasteiger charge is 2.19. The molecule has 1 fully saturated rings. The summed E-state index contributed by atoms with van der Waals surface area (Å²) >= 11 is 0. The van der Waals surface area contributed by atoms with Gasteiger partial charge in [0.1, 0.15) is 5.75 Å². The molecule has 1 aliphatic heterocycles. The van der Waals surface area contributed by atoms with Gasteiger partial charge in [0.25, 0.3) is 0 Å². The van der Waals surface area contributed by atoms with Crippen molar-refractivity contribution in [2.24, 2.45) is 5.92 Å². The normalized spacial score (nSPS) is 16.6. The third kappa shape index (κ3) is 4.58. The highest BCUT2D eigenvalue weighted by Crippen LogP contribution is 2.19. The number of nitrogens with zero attached hydrogens (tertiary/aromatic N) is 3. The maximum atomic E-state index is 5.90. The van der Waals surface area contributed by atoms with E-state index in [1.807, 2.05) is 30.3 Å². The molecular formula is C19H27N3O. The molecule has 2 heterocycles. The first kappa shape index (κ1) is 16.1. The standard InChI is InChI=1S/C19H27N3O/c1-16-14-17(2)22(20-16)13-12-21-10-8-18(9-11-21)15-23-19-6-4-3-5-7-19/h3-7,14,18H,8-13,15H2,1-2H3. The number of aryl methyl sites for hydroxylation is 2. The van der Waals surface area contributed by atoms with Gasteiger partial charge >= 0.3 is 0 Å². The van der Waals surface area contributed by atoms with Crippen molar-refractivity contribution in [2.75, 3.05) is 26.2 Å². The molecule has 0 atom stereocenters. The van der Waals surface area contributed by atoms with Gasteiger partial charge in [-0.2, -0.15) is 5.10 Å². The van der Waals surface area contributed by atoms with Crippen LogP contribution in [0.1, 0.15) is 24.2 Å². The summed E-state index contributed by atoms with van der Waals surface area (Å²) in [6.07, 6.45) is 2.45. The Bertz CT molecular complexity index is 600. The monoisotopic (exact) mass is 313 g/mol. The summed E-state index contributed by atoms with van der Waals surface area (Å²) in [7, 11) is 0. The van der Waals surface area contributed by atoms with E-state index >= 15 is 0 Å². The molecule has 0 amide bonds. The first-order chi connectivity index (χ1) is 11.2. The molecule has 0 N–H and O–H groups in total. The molecule has 0 aliphatic carbocycles. The molecule has 3 rings (SSSR count). The van der Waals surface area contributed by atoms with Gasteiger partial charge in [0.15, 0.2) is 0 Å². The quantitative estimate of drug-likeness (QED) is 0.820. The lowest BCUT2D eigenvalue weighted by Crippen LogP contribution is -2.37. The molecule has 0 radical (unpaired) electrons. The van der Waals surface area contributed by atoms with Gasteiger partial charge in [-0.1, -0.05) is 18.2 Å². The van der Waals surface area contributed by atoms with E-state index < -0.39 is 0 Å². The molecule has 0 saturated carbocycles. The third-order valence-corrected chi connectivity index (χ3v) is 4.67. The predicted molar refractivity (Wildman–Crippen MR) is 92.8 cm³/mol. The van der Waals surface area contributed by atoms with Gasteiger partial charge < -0.3 is 9.64 Å². The Balaban J connectivity index is 1.37. The van der Waals surface area contributed by atoms with Crippen molar-refractivity contribution < 1.29 is 4.74 Å². The molecule has 1 saturated heterocycles.